The van der Waals surface area contributed by atoms with Crippen molar-refractivity contribution in [1.29, 1.82) is 0 Å². The molecule has 3 heterocycles. The number of hydrogen-bond donors (Lipinski definition) is 2. The van der Waals surface area contributed by atoms with Crippen LogP contribution in [-0.2, 0) is 4.79 Å². The average molecular weight is 466 g/mol. The summed E-state index contributed by atoms with van der Waals surface area (Å²) in [6, 6.07) is 19.8. The molecule has 3 aromatic rings. The number of nitrogens with one attached hydrogen (secondary N) is 2. The first kappa shape index (κ1) is 23.0. The molecule has 0 saturated carbocycles. The van der Waals surface area contributed by atoms with Crippen LogP contribution in [0.15, 0.2) is 66.9 Å². The number of halogens is 1. The Bertz CT molecular complexity index is 1130. The van der Waals surface area contributed by atoms with Crippen molar-refractivity contribution < 1.29 is 9.59 Å². The molecular formula is C25H28ClN5O2. The summed E-state index contributed by atoms with van der Waals surface area (Å²) in [5.41, 5.74) is 2.06. The van der Waals surface area contributed by atoms with E-state index in [1.54, 1.807) is 6.20 Å². The van der Waals surface area contributed by atoms with Crippen LogP contribution in [0.4, 0.5) is 5.69 Å². The van der Waals surface area contributed by atoms with Crippen molar-refractivity contribution in [1.82, 2.24) is 20.5 Å². The van der Waals surface area contributed by atoms with Crippen LogP contribution in [0.2, 0.25) is 0 Å². The number of carbonyl (C=O) groups is 2. The molecule has 2 amide bonds. The monoisotopic (exact) mass is 465 g/mol. The van der Waals surface area contributed by atoms with Crippen LogP contribution < -0.4 is 15.5 Å². The predicted octanol–water partition coefficient (Wildman–Crippen LogP) is 2.81. The van der Waals surface area contributed by atoms with E-state index in [1.807, 2.05) is 48.5 Å². The zero-order valence-electron chi connectivity index (χ0n) is 18.4. The van der Waals surface area contributed by atoms with Crippen LogP contribution in [0.25, 0.3) is 10.9 Å². The molecule has 1 aromatic heterocycles. The topological polar surface area (TPSA) is 77.6 Å². The van der Waals surface area contributed by atoms with Gasteiger partial charge in [0.1, 0.15) is 5.54 Å². The van der Waals surface area contributed by atoms with Gasteiger partial charge in [0.15, 0.2) is 0 Å². The number of carbonyl (C=O) groups excluding carboxylic acids is 2. The van der Waals surface area contributed by atoms with E-state index >= 15 is 0 Å². The summed E-state index contributed by atoms with van der Waals surface area (Å²) in [5, 5.41) is 7.00. The third-order valence-corrected chi connectivity index (χ3v) is 6.65. The number of likely N-dealkylation sites (tertiary alicyclic amines) is 1. The average Bonchev–Trinajstić information content (AvgIpc) is 3.16. The van der Waals surface area contributed by atoms with Gasteiger partial charge in [0.25, 0.3) is 5.91 Å². The highest BCUT2D eigenvalue weighted by atomic mass is 35.5. The standard InChI is InChI=1S/C25H27N5O2.ClH/c31-23(20-16-19-6-4-5-9-22(19)27-17-20)26-12-15-29-13-10-25(11-14-29)24(32)28-18-30(25)21-7-2-1-3-8-21;/h1-9,16-17H,10-15,18H2,(H,26,31)(H,28,32);1H. The summed E-state index contributed by atoms with van der Waals surface area (Å²) in [7, 11) is 0. The Morgan fingerprint density at radius 1 is 1.06 bits per heavy atom. The van der Waals surface area contributed by atoms with Crippen LogP contribution in [-0.4, -0.2) is 60.1 Å². The number of fused-ring (bicyclic) bond motifs is 1. The predicted molar refractivity (Wildman–Crippen MR) is 132 cm³/mol. The maximum absolute atomic E-state index is 12.8. The van der Waals surface area contributed by atoms with Gasteiger partial charge in [-0.2, -0.15) is 0 Å². The lowest BCUT2D eigenvalue weighted by atomic mass is 9.85. The van der Waals surface area contributed by atoms with E-state index in [-0.39, 0.29) is 24.2 Å². The summed E-state index contributed by atoms with van der Waals surface area (Å²) in [6.07, 6.45) is 3.17. The lowest BCUT2D eigenvalue weighted by molar-refractivity contribution is -0.125. The Hall–Kier alpha value is -3.16. The maximum Gasteiger partial charge on any atom is 0.252 e. The van der Waals surface area contributed by atoms with Gasteiger partial charge in [0, 0.05) is 43.4 Å². The van der Waals surface area contributed by atoms with Gasteiger partial charge >= 0.3 is 0 Å². The molecule has 1 spiro atoms. The summed E-state index contributed by atoms with van der Waals surface area (Å²) < 4.78 is 0. The second-order valence-corrected chi connectivity index (χ2v) is 8.47. The van der Waals surface area contributed by atoms with Crippen molar-refractivity contribution in [2.24, 2.45) is 0 Å². The van der Waals surface area contributed by atoms with Gasteiger partial charge in [-0.15, -0.1) is 12.4 Å². The summed E-state index contributed by atoms with van der Waals surface area (Å²) in [6.45, 7) is 3.52. The highest BCUT2D eigenvalue weighted by Gasteiger charge is 2.50. The summed E-state index contributed by atoms with van der Waals surface area (Å²) in [4.78, 5) is 34.2. The molecule has 2 aromatic carbocycles. The molecule has 2 aliphatic rings. The van der Waals surface area contributed by atoms with E-state index in [9.17, 15) is 9.59 Å². The van der Waals surface area contributed by atoms with E-state index in [2.05, 4.69) is 37.6 Å². The Morgan fingerprint density at radius 2 is 1.79 bits per heavy atom. The molecule has 8 heteroatoms. The number of pyridine rings is 1. The van der Waals surface area contributed by atoms with Crippen molar-refractivity contribution in [3.63, 3.8) is 0 Å². The number of nitrogens with zero attached hydrogens (tertiary/aromatic N) is 3. The molecule has 2 aliphatic heterocycles. The normalized spacial score (nSPS) is 17.6. The van der Waals surface area contributed by atoms with E-state index in [0.717, 1.165) is 49.1 Å². The fraction of sp³-hybridized carbons (Fsp3) is 0.320. The molecule has 2 saturated heterocycles. The lowest BCUT2D eigenvalue weighted by Gasteiger charge is -2.43. The van der Waals surface area contributed by atoms with Crippen LogP contribution in [0.5, 0.6) is 0 Å². The van der Waals surface area contributed by atoms with Gasteiger partial charge in [0.2, 0.25) is 5.91 Å². The van der Waals surface area contributed by atoms with Crippen LogP contribution in [0.1, 0.15) is 23.2 Å². The fourth-order valence-electron chi connectivity index (χ4n) is 4.80. The van der Waals surface area contributed by atoms with Crippen molar-refractivity contribution in [2.75, 3.05) is 37.7 Å². The number of anilines is 1. The number of para-hydroxylation sites is 2. The lowest BCUT2D eigenvalue weighted by Crippen LogP contribution is -2.57. The van der Waals surface area contributed by atoms with Crippen LogP contribution in [0, 0.1) is 0 Å². The quantitative estimate of drug-likeness (QED) is 0.606. The first-order valence-corrected chi connectivity index (χ1v) is 11.1. The van der Waals surface area contributed by atoms with Gasteiger partial charge in [-0.05, 0) is 37.1 Å². The molecule has 172 valence electrons. The number of aromatic nitrogens is 1. The van der Waals surface area contributed by atoms with Crippen molar-refractivity contribution in [3.8, 4) is 0 Å². The Labute approximate surface area is 199 Å². The largest absolute Gasteiger partial charge is 0.351 e. The van der Waals surface area contributed by atoms with E-state index in [1.165, 1.54) is 0 Å². The van der Waals surface area contributed by atoms with Crippen molar-refractivity contribution >= 4 is 40.8 Å². The summed E-state index contributed by atoms with van der Waals surface area (Å²) >= 11 is 0. The van der Waals surface area contributed by atoms with Gasteiger partial charge in [0.05, 0.1) is 17.7 Å². The first-order valence-electron chi connectivity index (χ1n) is 11.1. The smallest absolute Gasteiger partial charge is 0.252 e. The van der Waals surface area contributed by atoms with E-state index in [0.29, 0.717) is 18.8 Å². The molecule has 7 nitrogen and oxygen atoms in total. The third-order valence-electron chi connectivity index (χ3n) is 6.65. The first-order chi connectivity index (χ1) is 15.7. The Morgan fingerprint density at radius 3 is 2.58 bits per heavy atom. The van der Waals surface area contributed by atoms with Crippen LogP contribution >= 0.6 is 12.4 Å². The third kappa shape index (κ3) is 4.51. The summed E-state index contributed by atoms with van der Waals surface area (Å²) in [5.74, 6) is 0.0141. The Balaban J connectivity index is 0.00000259. The minimum atomic E-state index is -0.474. The maximum atomic E-state index is 12.8. The highest BCUT2D eigenvalue weighted by molar-refractivity contribution is 5.97. The van der Waals surface area contributed by atoms with E-state index in [4.69, 9.17) is 0 Å². The number of amides is 2. The minimum absolute atomic E-state index is 0. The fourth-order valence-corrected chi connectivity index (χ4v) is 4.80. The Kier molecular flexibility index (Phi) is 6.81. The molecule has 2 N–H and O–H groups in total. The highest BCUT2D eigenvalue weighted by Crippen LogP contribution is 2.36. The molecular weight excluding hydrogens is 438 g/mol. The number of hydrogen-bond acceptors (Lipinski definition) is 5. The van der Waals surface area contributed by atoms with Gasteiger partial charge in [-0.25, -0.2) is 0 Å². The van der Waals surface area contributed by atoms with Gasteiger partial charge in [-0.1, -0.05) is 36.4 Å². The van der Waals surface area contributed by atoms with E-state index < -0.39 is 5.54 Å². The number of benzene rings is 2. The van der Waals surface area contributed by atoms with Crippen LogP contribution in [0.3, 0.4) is 0 Å². The molecule has 0 aliphatic carbocycles. The molecule has 0 unspecified atom stereocenters. The molecule has 0 bridgehead atoms. The van der Waals surface area contributed by atoms with Gasteiger partial charge in [-0.3, -0.25) is 14.6 Å². The van der Waals surface area contributed by atoms with Crippen molar-refractivity contribution in [2.45, 2.75) is 18.4 Å². The molecule has 33 heavy (non-hydrogen) atoms. The second-order valence-electron chi connectivity index (χ2n) is 8.47. The zero-order chi connectivity index (χ0) is 22.0. The number of rotatable bonds is 5. The molecule has 0 radical (unpaired) electrons. The molecule has 5 rings (SSSR count). The second kappa shape index (κ2) is 9.77. The SMILES string of the molecule is Cl.O=C(NCCN1CCC2(CC1)C(=O)NCN2c1ccccc1)c1cnc2ccccc2c1. The van der Waals surface area contributed by atoms with Crippen molar-refractivity contribution in [3.05, 3.63) is 72.4 Å². The zero-order valence-corrected chi connectivity index (χ0v) is 19.2. The molecule has 2 fully saturated rings. The van der Waals surface area contributed by atoms with Gasteiger partial charge < -0.3 is 20.4 Å². The minimum Gasteiger partial charge on any atom is -0.351 e. The number of piperidine rings is 1. The molecule has 0 atom stereocenters.